The van der Waals surface area contributed by atoms with Crippen molar-refractivity contribution in [2.45, 2.75) is 50.7 Å². The molecular formula is C31H34N2O7. The van der Waals surface area contributed by atoms with E-state index in [2.05, 4.69) is 20.8 Å². The molecule has 0 bridgehead atoms. The third kappa shape index (κ3) is 3.79. The smallest absolute Gasteiger partial charge is 0.255 e. The highest BCUT2D eigenvalue weighted by Gasteiger charge is 2.64. The van der Waals surface area contributed by atoms with Gasteiger partial charge in [-0.25, -0.2) is 0 Å². The Hall–Kier alpha value is -3.95. The number of nitrogens with two attached hydrogens (primary N) is 1. The lowest BCUT2D eigenvalue weighted by molar-refractivity contribution is -0.153. The number of phenolic OH excluding ortho intramolecular Hbond substituents is 1. The van der Waals surface area contributed by atoms with Crippen LogP contribution in [0.4, 0.5) is 0 Å². The molecule has 0 aromatic heterocycles. The third-order valence-electron chi connectivity index (χ3n) is 8.67. The van der Waals surface area contributed by atoms with Gasteiger partial charge in [-0.05, 0) is 66.6 Å². The molecule has 3 aliphatic carbocycles. The van der Waals surface area contributed by atoms with Crippen molar-refractivity contribution in [3.63, 3.8) is 0 Å². The Morgan fingerprint density at radius 2 is 1.65 bits per heavy atom. The Morgan fingerprint density at radius 3 is 2.20 bits per heavy atom. The summed E-state index contributed by atoms with van der Waals surface area (Å²) in [5.74, 6) is -6.63. The number of phenols is 1. The number of primary amides is 1. The summed E-state index contributed by atoms with van der Waals surface area (Å²) < 4.78 is 0. The number of hydrogen-bond donors (Lipinski definition) is 5. The summed E-state index contributed by atoms with van der Waals surface area (Å²) in [6.07, 6.45) is 0.281. The summed E-state index contributed by atoms with van der Waals surface area (Å²) in [5, 5.41) is 44.9. The molecule has 4 unspecified atom stereocenters. The van der Waals surface area contributed by atoms with Gasteiger partial charge in [0.1, 0.15) is 22.8 Å². The van der Waals surface area contributed by atoms with Gasteiger partial charge in [-0.1, -0.05) is 51.1 Å². The average molecular weight is 547 g/mol. The lowest BCUT2D eigenvalue weighted by atomic mass is 9.57. The zero-order valence-corrected chi connectivity index (χ0v) is 23.1. The maximum atomic E-state index is 14.0. The predicted octanol–water partition coefficient (Wildman–Crippen LogP) is 2.93. The maximum absolute atomic E-state index is 14.0. The molecule has 1 amide bonds. The van der Waals surface area contributed by atoms with E-state index in [0.717, 1.165) is 16.7 Å². The van der Waals surface area contributed by atoms with Crippen molar-refractivity contribution in [2.24, 2.45) is 17.6 Å². The maximum Gasteiger partial charge on any atom is 0.255 e. The molecule has 6 N–H and O–H groups in total. The summed E-state index contributed by atoms with van der Waals surface area (Å²) in [6, 6.07) is 10.1. The molecule has 0 radical (unpaired) electrons. The summed E-state index contributed by atoms with van der Waals surface area (Å²) >= 11 is 0. The third-order valence-corrected chi connectivity index (χ3v) is 8.67. The first-order valence-electron chi connectivity index (χ1n) is 13.2. The molecule has 0 spiro atoms. The normalized spacial score (nSPS) is 26.5. The largest absolute Gasteiger partial charge is 0.508 e. The highest BCUT2D eigenvalue weighted by atomic mass is 16.3. The molecule has 2 aromatic rings. The first kappa shape index (κ1) is 27.6. The zero-order valence-electron chi connectivity index (χ0n) is 23.1. The van der Waals surface area contributed by atoms with Crippen molar-refractivity contribution >= 4 is 23.2 Å². The number of aliphatic hydroxyl groups excluding tert-OH is 2. The van der Waals surface area contributed by atoms with E-state index in [9.17, 15) is 34.8 Å². The first-order valence-corrected chi connectivity index (χ1v) is 13.2. The van der Waals surface area contributed by atoms with E-state index < -0.39 is 58.0 Å². The lowest BCUT2D eigenvalue weighted by Crippen LogP contribution is -2.65. The number of carbonyl (C=O) groups excluding carboxylic acids is 3. The van der Waals surface area contributed by atoms with Crippen molar-refractivity contribution < 1.29 is 34.8 Å². The van der Waals surface area contributed by atoms with Crippen LogP contribution in [-0.2, 0) is 26.2 Å². The highest BCUT2D eigenvalue weighted by molar-refractivity contribution is 6.24. The number of ketones is 2. The summed E-state index contributed by atoms with van der Waals surface area (Å²) in [4.78, 5) is 40.8. The van der Waals surface area contributed by atoms with Crippen molar-refractivity contribution in [1.29, 1.82) is 0 Å². The van der Waals surface area contributed by atoms with Crippen LogP contribution in [-0.4, -0.2) is 68.5 Å². The van der Waals surface area contributed by atoms with Gasteiger partial charge in [-0.3, -0.25) is 19.3 Å². The molecule has 0 saturated heterocycles. The Labute approximate surface area is 232 Å². The van der Waals surface area contributed by atoms with Crippen LogP contribution in [0.5, 0.6) is 5.75 Å². The number of benzene rings is 2. The standard InChI is InChI=1S/C31H34N2O7/c1-30(2,3)16-8-6-14(7-9-16)17-10-11-20(34)22-18(17)12-15-13-19-24(33(4)5)26(36)23(29(32)39)28(38)31(19,40)27(37)21(15)25(22)35/h6-11,15,19,24,34-35,38,40H,12-13H2,1-5H3,(H2,32,39). The van der Waals surface area contributed by atoms with Crippen LogP contribution in [0.15, 0.2) is 53.3 Å². The highest BCUT2D eigenvalue weighted by Crippen LogP contribution is 2.53. The Balaban J connectivity index is 1.70. The molecule has 9 nitrogen and oxygen atoms in total. The molecule has 2 aromatic carbocycles. The fourth-order valence-corrected chi connectivity index (χ4v) is 6.66. The number of aliphatic hydroxyl groups is 3. The fraction of sp³-hybridized carbons (Fsp3) is 0.387. The number of Topliss-reactive ketones (excluding diaryl/α,β-unsaturated/α-hetero) is 2. The van der Waals surface area contributed by atoms with Crippen LogP contribution in [0.1, 0.15) is 43.9 Å². The Kier molecular flexibility index (Phi) is 6.24. The minimum absolute atomic E-state index is 0.0448. The molecular weight excluding hydrogens is 512 g/mol. The predicted molar refractivity (Wildman–Crippen MR) is 148 cm³/mol. The van der Waals surface area contributed by atoms with E-state index in [0.29, 0.717) is 5.56 Å². The molecule has 3 aliphatic rings. The van der Waals surface area contributed by atoms with Gasteiger partial charge in [0.2, 0.25) is 5.78 Å². The Bertz CT molecular complexity index is 1530. The second-order valence-electron chi connectivity index (χ2n) is 12.3. The Morgan fingerprint density at radius 1 is 1.02 bits per heavy atom. The first-order chi connectivity index (χ1) is 18.6. The molecule has 9 heteroatoms. The zero-order chi connectivity index (χ0) is 29.5. The van der Waals surface area contributed by atoms with E-state index in [1.807, 2.05) is 24.3 Å². The lowest BCUT2D eigenvalue weighted by Gasteiger charge is -2.50. The monoisotopic (exact) mass is 546 g/mol. The minimum Gasteiger partial charge on any atom is -0.508 e. The van der Waals surface area contributed by atoms with Gasteiger partial charge in [0, 0.05) is 11.5 Å². The summed E-state index contributed by atoms with van der Waals surface area (Å²) in [6.45, 7) is 6.35. The van der Waals surface area contributed by atoms with E-state index in [1.165, 1.54) is 11.0 Å². The fourth-order valence-electron chi connectivity index (χ4n) is 6.66. The quantitative estimate of drug-likeness (QED) is 0.367. The number of nitrogens with zero attached hydrogens (tertiary/aromatic N) is 1. The summed E-state index contributed by atoms with van der Waals surface area (Å²) in [7, 11) is 3.15. The van der Waals surface area contributed by atoms with Crippen molar-refractivity contribution in [3.05, 3.63) is 70.0 Å². The number of fused-ring (bicyclic) bond motifs is 3. The molecule has 0 aliphatic heterocycles. The van der Waals surface area contributed by atoms with E-state index in [-0.39, 0.29) is 35.1 Å². The topological polar surface area (TPSA) is 161 Å². The minimum atomic E-state index is -2.65. The van der Waals surface area contributed by atoms with Gasteiger partial charge < -0.3 is 26.2 Å². The van der Waals surface area contributed by atoms with Gasteiger partial charge in [-0.2, -0.15) is 0 Å². The molecule has 1 fully saturated rings. The molecule has 210 valence electrons. The van der Waals surface area contributed by atoms with E-state index in [4.69, 9.17) is 5.73 Å². The van der Waals surface area contributed by atoms with Crippen molar-refractivity contribution in [3.8, 4) is 16.9 Å². The number of rotatable bonds is 3. The molecule has 4 atom stereocenters. The van der Waals surface area contributed by atoms with Crippen molar-refractivity contribution in [1.82, 2.24) is 4.90 Å². The summed E-state index contributed by atoms with van der Waals surface area (Å²) in [5.41, 5.74) is 5.18. The molecule has 0 heterocycles. The van der Waals surface area contributed by atoms with E-state index >= 15 is 0 Å². The molecule has 5 rings (SSSR count). The van der Waals surface area contributed by atoms with Gasteiger partial charge in [0.25, 0.3) is 5.91 Å². The second kappa shape index (κ2) is 9.04. The van der Waals surface area contributed by atoms with Crippen LogP contribution in [0.3, 0.4) is 0 Å². The number of carbonyl (C=O) groups is 3. The number of hydrogen-bond acceptors (Lipinski definition) is 8. The average Bonchev–Trinajstić information content (AvgIpc) is 2.85. The van der Waals surface area contributed by atoms with Crippen LogP contribution < -0.4 is 5.73 Å². The van der Waals surface area contributed by atoms with Gasteiger partial charge >= 0.3 is 0 Å². The van der Waals surface area contributed by atoms with Crippen LogP contribution in [0, 0.1) is 11.8 Å². The van der Waals surface area contributed by atoms with E-state index in [1.54, 1.807) is 20.2 Å². The number of likely N-dealkylation sites (N-methyl/N-ethyl adjacent to an activating group) is 1. The van der Waals surface area contributed by atoms with Gasteiger partial charge in [0.05, 0.1) is 11.6 Å². The number of aromatic hydroxyl groups is 1. The van der Waals surface area contributed by atoms with Crippen LogP contribution >= 0.6 is 0 Å². The number of amides is 1. The van der Waals surface area contributed by atoms with Gasteiger partial charge in [-0.15, -0.1) is 0 Å². The van der Waals surface area contributed by atoms with Gasteiger partial charge in [0.15, 0.2) is 11.4 Å². The van der Waals surface area contributed by atoms with Crippen molar-refractivity contribution in [2.75, 3.05) is 14.1 Å². The second-order valence-corrected chi connectivity index (χ2v) is 12.3. The molecule has 40 heavy (non-hydrogen) atoms. The van der Waals surface area contributed by atoms with Crippen LogP contribution in [0.2, 0.25) is 0 Å². The molecule has 1 saturated carbocycles. The van der Waals surface area contributed by atoms with Crippen LogP contribution in [0.25, 0.3) is 16.9 Å². The SMILES string of the molecule is CN(C)C1C(=O)C(C(N)=O)=C(O)C2(O)C(=O)C3=C(O)c4c(O)ccc(-c5ccc(C(C)(C)C)cc5)c4CC3CC12.